The van der Waals surface area contributed by atoms with Crippen LogP contribution in [0.25, 0.3) is 0 Å². The molecule has 0 bridgehead atoms. The first kappa shape index (κ1) is 15.4. The molecule has 0 radical (unpaired) electrons. The molecule has 1 atom stereocenters. The maximum Gasteiger partial charge on any atom is 0.165 e. The summed E-state index contributed by atoms with van der Waals surface area (Å²) in [6.45, 7) is 0.921. The molecular formula is C17H19F2NO. The first-order valence-corrected chi connectivity index (χ1v) is 7.03. The summed E-state index contributed by atoms with van der Waals surface area (Å²) in [5.74, 6) is -0.179. The lowest BCUT2D eigenvalue weighted by atomic mass is 9.94. The molecule has 2 N–H and O–H groups in total. The zero-order valence-corrected chi connectivity index (χ0v) is 11.8. The molecule has 21 heavy (non-hydrogen) atoms. The Morgan fingerprint density at radius 3 is 2.38 bits per heavy atom. The molecule has 2 aromatic rings. The zero-order chi connectivity index (χ0) is 15.1. The van der Waals surface area contributed by atoms with E-state index in [1.165, 1.54) is 18.2 Å². The Bertz CT molecular complexity index is 557. The molecule has 0 aliphatic rings. The number of benzene rings is 2. The van der Waals surface area contributed by atoms with Gasteiger partial charge in [-0.15, -0.1) is 0 Å². The van der Waals surface area contributed by atoms with Gasteiger partial charge in [-0.25, -0.2) is 8.78 Å². The van der Waals surface area contributed by atoms with Crippen molar-refractivity contribution in [2.75, 3.05) is 13.2 Å². The Labute approximate surface area is 123 Å². The van der Waals surface area contributed by atoms with E-state index < -0.39 is 0 Å². The smallest absolute Gasteiger partial charge is 0.165 e. The quantitative estimate of drug-likeness (QED) is 0.786. The van der Waals surface area contributed by atoms with Gasteiger partial charge in [0.25, 0.3) is 0 Å². The van der Waals surface area contributed by atoms with Gasteiger partial charge in [-0.1, -0.05) is 24.3 Å². The van der Waals surface area contributed by atoms with E-state index in [1.54, 1.807) is 30.3 Å². The molecule has 0 spiro atoms. The van der Waals surface area contributed by atoms with Gasteiger partial charge >= 0.3 is 0 Å². The molecule has 2 aromatic carbocycles. The Balaban J connectivity index is 1.81. The highest BCUT2D eigenvalue weighted by Gasteiger charge is 2.10. The summed E-state index contributed by atoms with van der Waals surface area (Å²) in [6.07, 6.45) is 1.57. The fraction of sp³-hybridized carbons (Fsp3) is 0.294. The average Bonchev–Trinajstić information content (AvgIpc) is 2.50. The van der Waals surface area contributed by atoms with Crippen molar-refractivity contribution < 1.29 is 13.5 Å². The zero-order valence-electron chi connectivity index (χ0n) is 11.8. The van der Waals surface area contributed by atoms with E-state index in [-0.39, 0.29) is 23.3 Å². The lowest BCUT2D eigenvalue weighted by Gasteiger charge is -2.15. The summed E-state index contributed by atoms with van der Waals surface area (Å²) in [5.41, 5.74) is 6.78. The normalized spacial score (nSPS) is 12.1. The minimum atomic E-state index is -0.355. The Morgan fingerprint density at radius 2 is 1.71 bits per heavy atom. The van der Waals surface area contributed by atoms with Crippen molar-refractivity contribution in [2.45, 2.75) is 18.8 Å². The Morgan fingerprint density at radius 1 is 1.00 bits per heavy atom. The Kier molecular flexibility index (Phi) is 5.69. The minimum absolute atomic E-state index is 0.162. The van der Waals surface area contributed by atoms with Gasteiger partial charge in [-0.3, -0.25) is 0 Å². The van der Waals surface area contributed by atoms with Gasteiger partial charge in [0.2, 0.25) is 0 Å². The van der Waals surface area contributed by atoms with E-state index in [1.807, 2.05) is 0 Å². The fourth-order valence-electron chi connectivity index (χ4n) is 2.23. The second-order valence-corrected chi connectivity index (χ2v) is 4.91. The van der Waals surface area contributed by atoms with Gasteiger partial charge < -0.3 is 10.5 Å². The summed E-state index contributed by atoms with van der Waals surface area (Å²) in [7, 11) is 0. The van der Waals surface area contributed by atoms with Crippen LogP contribution in [0.3, 0.4) is 0 Å². The first-order valence-electron chi connectivity index (χ1n) is 7.03. The molecule has 0 heterocycles. The van der Waals surface area contributed by atoms with Crippen LogP contribution in [0.2, 0.25) is 0 Å². The van der Waals surface area contributed by atoms with Crippen molar-refractivity contribution in [2.24, 2.45) is 5.73 Å². The third-order valence-electron chi connectivity index (χ3n) is 3.42. The van der Waals surface area contributed by atoms with Gasteiger partial charge in [-0.2, -0.15) is 0 Å². The highest BCUT2D eigenvalue weighted by Crippen LogP contribution is 2.21. The van der Waals surface area contributed by atoms with E-state index in [9.17, 15) is 8.78 Å². The molecule has 112 valence electrons. The second-order valence-electron chi connectivity index (χ2n) is 4.91. The second kappa shape index (κ2) is 7.74. The summed E-state index contributed by atoms with van der Waals surface area (Å²) in [4.78, 5) is 0. The van der Waals surface area contributed by atoms with E-state index >= 15 is 0 Å². The molecular weight excluding hydrogens is 272 g/mol. The number of para-hydroxylation sites is 1. The lowest BCUT2D eigenvalue weighted by Crippen LogP contribution is -2.14. The van der Waals surface area contributed by atoms with Crippen LogP contribution in [0.1, 0.15) is 24.3 Å². The molecule has 0 aliphatic carbocycles. The maximum atomic E-state index is 13.4. The van der Waals surface area contributed by atoms with E-state index in [4.69, 9.17) is 10.5 Å². The number of rotatable bonds is 7. The molecule has 0 aromatic heterocycles. The van der Waals surface area contributed by atoms with E-state index in [0.717, 1.165) is 18.4 Å². The largest absolute Gasteiger partial charge is 0.491 e. The van der Waals surface area contributed by atoms with Gasteiger partial charge in [-0.05, 0) is 55.1 Å². The lowest BCUT2D eigenvalue weighted by molar-refractivity contribution is 0.288. The van der Waals surface area contributed by atoms with Crippen molar-refractivity contribution in [3.8, 4) is 5.75 Å². The molecule has 4 heteroatoms. The standard InChI is InChI=1S/C17H19F2NO/c18-15-9-7-13(8-10-15)14(12-20)4-3-11-21-17-6-2-1-5-16(17)19/h1-2,5-10,14H,3-4,11-12,20H2. The Hall–Kier alpha value is -1.94. The van der Waals surface area contributed by atoms with Gasteiger partial charge in [0.05, 0.1) is 6.61 Å². The van der Waals surface area contributed by atoms with Crippen molar-refractivity contribution in [3.05, 3.63) is 65.7 Å². The van der Waals surface area contributed by atoms with Gasteiger partial charge in [0.1, 0.15) is 5.82 Å². The highest BCUT2D eigenvalue weighted by atomic mass is 19.1. The highest BCUT2D eigenvalue weighted by molar-refractivity contribution is 5.23. The summed E-state index contributed by atoms with van der Waals surface area (Å²) < 4.78 is 31.7. The minimum Gasteiger partial charge on any atom is -0.491 e. The van der Waals surface area contributed by atoms with Crippen LogP contribution in [-0.2, 0) is 0 Å². The van der Waals surface area contributed by atoms with Crippen LogP contribution >= 0.6 is 0 Å². The predicted molar refractivity (Wildman–Crippen MR) is 79.3 cm³/mol. The molecule has 0 saturated carbocycles. The van der Waals surface area contributed by atoms with Crippen LogP contribution < -0.4 is 10.5 Å². The van der Waals surface area contributed by atoms with E-state index in [2.05, 4.69) is 0 Å². The number of ether oxygens (including phenoxy) is 1. The van der Waals surface area contributed by atoms with Crippen LogP contribution in [0, 0.1) is 11.6 Å². The predicted octanol–water partition coefficient (Wildman–Crippen LogP) is 3.87. The van der Waals surface area contributed by atoms with Gasteiger partial charge in [0.15, 0.2) is 11.6 Å². The van der Waals surface area contributed by atoms with Crippen molar-refractivity contribution in [3.63, 3.8) is 0 Å². The maximum absolute atomic E-state index is 13.4. The number of nitrogens with two attached hydrogens (primary N) is 1. The van der Waals surface area contributed by atoms with Crippen molar-refractivity contribution in [1.29, 1.82) is 0 Å². The average molecular weight is 291 g/mol. The monoisotopic (exact) mass is 291 g/mol. The summed E-state index contributed by atoms with van der Waals surface area (Å²) >= 11 is 0. The topological polar surface area (TPSA) is 35.2 Å². The SMILES string of the molecule is NCC(CCCOc1ccccc1F)c1ccc(F)cc1. The van der Waals surface area contributed by atoms with Crippen molar-refractivity contribution in [1.82, 2.24) is 0 Å². The van der Waals surface area contributed by atoms with Gasteiger partial charge in [0, 0.05) is 0 Å². The van der Waals surface area contributed by atoms with Crippen LogP contribution in [0.15, 0.2) is 48.5 Å². The van der Waals surface area contributed by atoms with Crippen LogP contribution in [-0.4, -0.2) is 13.2 Å². The molecule has 0 aliphatic heterocycles. The molecule has 2 nitrogen and oxygen atoms in total. The molecule has 0 amide bonds. The summed E-state index contributed by atoms with van der Waals surface area (Å²) in [6, 6.07) is 12.7. The molecule has 1 unspecified atom stereocenters. The molecule has 0 fully saturated rings. The van der Waals surface area contributed by atoms with E-state index in [0.29, 0.717) is 13.2 Å². The first-order chi connectivity index (χ1) is 10.2. The number of hydrogen-bond acceptors (Lipinski definition) is 2. The van der Waals surface area contributed by atoms with Crippen LogP contribution in [0.4, 0.5) is 8.78 Å². The number of halogens is 2. The number of hydrogen-bond donors (Lipinski definition) is 1. The fourth-order valence-corrected chi connectivity index (χ4v) is 2.23. The third kappa shape index (κ3) is 4.53. The molecule has 2 rings (SSSR count). The van der Waals surface area contributed by atoms with Crippen LogP contribution in [0.5, 0.6) is 5.75 Å². The molecule has 0 saturated heterocycles. The summed E-state index contributed by atoms with van der Waals surface area (Å²) in [5, 5.41) is 0. The third-order valence-corrected chi connectivity index (χ3v) is 3.42. The van der Waals surface area contributed by atoms with Crippen molar-refractivity contribution >= 4 is 0 Å².